The number of ether oxygens (including phenoxy) is 1. The standard InChI is InChI=1S/C31H19BrFN5O6/c32-20-13-19(29(25(15-20)38(41)42)43-17-28(39)35-22-11-9-21(33)10-12-22)16-34-37-30(27-14-18-5-1-4-8-26(18)44-27)36-24-7-3-2-6-23(24)31(37)40/h1-16H,17H2,(H,35,39). The second-order valence-electron chi connectivity index (χ2n) is 9.41. The van der Waals surface area contributed by atoms with Crippen LogP contribution in [0.5, 0.6) is 5.75 Å². The van der Waals surface area contributed by atoms with E-state index >= 15 is 0 Å². The summed E-state index contributed by atoms with van der Waals surface area (Å²) in [5.41, 5.74) is 0.459. The molecule has 0 fully saturated rings. The van der Waals surface area contributed by atoms with E-state index < -0.39 is 34.5 Å². The number of benzene rings is 4. The molecule has 0 unspecified atom stereocenters. The molecule has 2 heterocycles. The van der Waals surface area contributed by atoms with Crippen molar-refractivity contribution in [1.82, 2.24) is 9.66 Å². The zero-order valence-corrected chi connectivity index (χ0v) is 24.0. The molecule has 0 saturated heterocycles. The van der Waals surface area contributed by atoms with Gasteiger partial charge < -0.3 is 14.5 Å². The van der Waals surface area contributed by atoms with Crippen molar-refractivity contribution in [3.05, 3.63) is 127 Å². The molecule has 0 spiro atoms. The van der Waals surface area contributed by atoms with Gasteiger partial charge >= 0.3 is 5.69 Å². The minimum Gasteiger partial charge on any atom is -0.476 e. The number of nitrogens with zero attached hydrogens (tertiary/aromatic N) is 4. The monoisotopic (exact) mass is 655 g/mol. The second kappa shape index (κ2) is 11.9. The normalized spacial score (nSPS) is 11.3. The van der Waals surface area contributed by atoms with Crippen molar-refractivity contribution in [3.8, 4) is 17.3 Å². The van der Waals surface area contributed by atoms with Crippen LogP contribution >= 0.6 is 15.9 Å². The van der Waals surface area contributed by atoms with Gasteiger partial charge in [0.05, 0.1) is 22.0 Å². The number of amides is 1. The van der Waals surface area contributed by atoms with E-state index in [2.05, 4.69) is 31.3 Å². The highest BCUT2D eigenvalue weighted by Crippen LogP contribution is 2.34. The number of halogens is 2. The maximum atomic E-state index is 13.6. The van der Waals surface area contributed by atoms with E-state index in [9.17, 15) is 24.1 Å². The molecular formula is C31H19BrFN5O6. The summed E-state index contributed by atoms with van der Waals surface area (Å²) in [6, 6.07) is 23.6. The number of furan rings is 1. The average Bonchev–Trinajstić information content (AvgIpc) is 3.45. The fourth-order valence-corrected chi connectivity index (χ4v) is 4.92. The molecular weight excluding hydrogens is 637 g/mol. The summed E-state index contributed by atoms with van der Waals surface area (Å²) in [7, 11) is 0. The molecule has 0 bridgehead atoms. The van der Waals surface area contributed by atoms with Crippen LogP contribution < -0.4 is 15.6 Å². The van der Waals surface area contributed by atoms with Gasteiger partial charge in [-0.2, -0.15) is 9.78 Å². The quantitative estimate of drug-likeness (QED) is 0.112. The molecule has 0 radical (unpaired) electrons. The third-order valence-corrected chi connectivity index (χ3v) is 6.90. The molecule has 0 aliphatic carbocycles. The maximum absolute atomic E-state index is 13.6. The third-order valence-electron chi connectivity index (χ3n) is 6.45. The molecule has 44 heavy (non-hydrogen) atoms. The van der Waals surface area contributed by atoms with Crippen LogP contribution in [-0.2, 0) is 4.79 Å². The second-order valence-corrected chi connectivity index (χ2v) is 10.3. The number of aromatic nitrogens is 2. The molecule has 11 nitrogen and oxygen atoms in total. The van der Waals surface area contributed by atoms with Crippen LogP contribution in [-0.4, -0.2) is 33.3 Å². The van der Waals surface area contributed by atoms with Crippen LogP contribution in [0, 0.1) is 15.9 Å². The van der Waals surface area contributed by atoms with E-state index in [0.29, 0.717) is 26.6 Å². The topological polar surface area (TPSA) is 142 Å². The van der Waals surface area contributed by atoms with Crippen molar-refractivity contribution in [2.24, 2.45) is 5.10 Å². The smallest absolute Gasteiger partial charge is 0.312 e. The van der Waals surface area contributed by atoms with Gasteiger partial charge in [-0.25, -0.2) is 9.37 Å². The highest BCUT2D eigenvalue weighted by atomic mass is 79.9. The van der Waals surface area contributed by atoms with Crippen molar-refractivity contribution in [2.75, 3.05) is 11.9 Å². The Morgan fingerprint density at radius 2 is 1.84 bits per heavy atom. The Kier molecular flexibility index (Phi) is 7.69. The minimum absolute atomic E-state index is 0.0938. The molecule has 2 aromatic heterocycles. The SMILES string of the molecule is O=C(COc1c(C=Nn2c(-c3cc4ccccc4o3)nc3ccccc3c2=O)cc(Br)cc1[N+](=O)[O-])Nc1ccc(F)cc1. The number of hydrogen-bond acceptors (Lipinski definition) is 8. The Labute approximate surface area is 255 Å². The van der Waals surface area contributed by atoms with Crippen molar-refractivity contribution < 1.29 is 23.3 Å². The molecule has 13 heteroatoms. The average molecular weight is 656 g/mol. The Hall–Kier alpha value is -5.69. The van der Waals surface area contributed by atoms with Gasteiger partial charge in [0.25, 0.3) is 11.5 Å². The van der Waals surface area contributed by atoms with E-state index in [1.54, 1.807) is 36.4 Å². The summed E-state index contributed by atoms with van der Waals surface area (Å²) >= 11 is 3.26. The van der Waals surface area contributed by atoms with E-state index in [1.807, 2.05) is 18.2 Å². The summed E-state index contributed by atoms with van der Waals surface area (Å²) in [5, 5.41) is 19.9. The van der Waals surface area contributed by atoms with Gasteiger partial charge in [-0.05, 0) is 54.6 Å². The first-order chi connectivity index (χ1) is 21.3. The molecule has 0 atom stereocenters. The highest BCUT2D eigenvalue weighted by molar-refractivity contribution is 9.10. The molecule has 1 N–H and O–H groups in total. The number of hydrogen-bond donors (Lipinski definition) is 1. The summed E-state index contributed by atoms with van der Waals surface area (Å²) in [6.07, 6.45) is 1.20. The van der Waals surface area contributed by atoms with Crippen molar-refractivity contribution >= 4 is 61.3 Å². The Morgan fingerprint density at radius 1 is 1.09 bits per heavy atom. The van der Waals surface area contributed by atoms with Gasteiger partial charge in [0.1, 0.15) is 11.4 Å². The fourth-order valence-electron chi connectivity index (χ4n) is 4.46. The van der Waals surface area contributed by atoms with Crippen molar-refractivity contribution in [1.29, 1.82) is 0 Å². The number of nitro groups is 1. The number of anilines is 1. The lowest BCUT2D eigenvalue weighted by atomic mass is 10.2. The van der Waals surface area contributed by atoms with Gasteiger partial charge in [-0.3, -0.25) is 19.7 Å². The van der Waals surface area contributed by atoms with Crippen molar-refractivity contribution in [3.63, 3.8) is 0 Å². The van der Waals surface area contributed by atoms with Crippen LogP contribution in [0.25, 0.3) is 33.5 Å². The molecule has 218 valence electrons. The van der Waals surface area contributed by atoms with Crippen LogP contribution in [0.3, 0.4) is 0 Å². The first-order valence-corrected chi connectivity index (χ1v) is 13.8. The molecule has 0 saturated carbocycles. The zero-order valence-electron chi connectivity index (χ0n) is 22.4. The predicted octanol–water partition coefficient (Wildman–Crippen LogP) is 6.52. The first-order valence-electron chi connectivity index (χ1n) is 13.0. The fraction of sp³-hybridized carbons (Fsp3) is 0.0323. The number of nitrogens with one attached hydrogen (secondary N) is 1. The summed E-state index contributed by atoms with van der Waals surface area (Å²) in [6.45, 7) is -0.609. The summed E-state index contributed by atoms with van der Waals surface area (Å²) in [4.78, 5) is 42.1. The minimum atomic E-state index is -0.668. The lowest BCUT2D eigenvalue weighted by Gasteiger charge is -2.11. The van der Waals surface area contributed by atoms with E-state index in [1.165, 1.54) is 42.6 Å². The third kappa shape index (κ3) is 5.80. The van der Waals surface area contributed by atoms with Gasteiger partial charge in [0, 0.05) is 27.2 Å². The summed E-state index contributed by atoms with van der Waals surface area (Å²) in [5.74, 6) is -0.993. The lowest BCUT2D eigenvalue weighted by Crippen LogP contribution is -2.21. The number of carbonyl (C=O) groups excluding carboxylic acids is 1. The Bertz CT molecular complexity index is 2130. The molecule has 0 aliphatic heterocycles. The van der Waals surface area contributed by atoms with Gasteiger partial charge in [-0.1, -0.05) is 46.3 Å². The van der Waals surface area contributed by atoms with Crippen LogP contribution in [0.15, 0.2) is 110 Å². The summed E-state index contributed by atoms with van der Waals surface area (Å²) < 4.78 is 26.2. The first kappa shape index (κ1) is 28.4. The molecule has 6 aromatic rings. The van der Waals surface area contributed by atoms with Crippen molar-refractivity contribution in [2.45, 2.75) is 0 Å². The van der Waals surface area contributed by atoms with Crippen LogP contribution in [0.4, 0.5) is 15.8 Å². The van der Waals surface area contributed by atoms with Crippen LogP contribution in [0.2, 0.25) is 0 Å². The van der Waals surface area contributed by atoms with Gasteiger partial charge in [-0.15, -0.1) is 0 Å². The van der Waals surface area contributed by atoms with E-state index in [4.69, 9.17) is 9.15 Å². The van der Waals surface area contributed by atoms with E-state index in [0.717, 1.165) is 10.1 Å². The zero-order chi connectivity index (χ0) is 30.8. The predicted molar refractivity (Wildman–Crippen MR) is 166 cm³/mol. The largest absolute Gasteiger partial charge is 0.476 e. The van der Waals surface area contributed by atoms with E-state index in [-0.39, 0.29) is 22.9 Å². The molecule has 4 aromatic carbocycles. The lowest BCUT2D eigenvalue weighted by molar-refractivity contribution is -0.385. The number of para-hydroxylation sites is 2. The van der Waals surface area contributed by atoms with Gasteiger partial charge in [0.2, 0.25) is 11.6 Å². The number of nitro benzene ring substituents is 1. The molecule has 0 aliphatic rings. The number of rotatable bonds is 8. The molecule has 6 rings (SSSR count). The van der Waals surface area contributed by atoms with Crippen LogP contribution in [0.1, 0.15) is 5.56 Å². The Morgan fingerprint density at radius 3 is 2.61 bits per heavy atom. The molecule has 1 amide bonds. The number of carbonyl (C=O) groups is 1. The van der Waals surface area contributed by atoms with Gasteiger partial charge in [0.15, 0.2) is 12.4 Å². The number of fused-ring (bicyclic) bond motifs is 2. The maximum Gasteiger partial charge on any atom is 0.312 e. The Balaban J connectivity index is 1.41. The highest BCUT2D eigenvalue weighted by Gasteiger charge is 2.22.